The van der Waals surface area contributed by atoms with Gasteiger partial charge in [-0.1, -0.05) is 42.5 Å². The molecule has 3 rings (SSSR count). The number of nitrogens with two attached hydrogens (primary N) is 1. The molecule has 0 amide bonds. The molecule has 1 aliphatic rings. The smallest absolute Gasteiger partial charge is 0.118 e. The van der Waals surface area contributed by atoms with E-state index in [2.05, 4.69) is 42.5 Å². The van der Waals surface area contributed by atoms with Gasteiger partial charge in [-0.2, -0.15) is 0 Å². The zero-order chi connectivity index (χ0) is 14.7. The molecule has 1 saturated carbocycles. The Morgan fingerprint density at radius 2 is 1.81 bits per heavy atom. The van der Waals surface area contributed by atoms with E-state index in [1.165, 1.54) is 17.5 Å². The highest BCUT2D eigenvalue weighted by Crippen LogP contribution is 2.49. The van der Waals surface area contributed by atoms with Crippen molar-refractivity contribution in [1.82, 2.24) is 0 Å². The van der Waals surface area contributed by atoms with Crippen molar-refractivity contribution < 1.29 is 4.74 Å². The number of methoxy groups -OCH3 is 1. The van der Waals surface area contributed by atoms with Crippen LogP contribution in [0.25, 0.3) is 0 Å². The summed E-state index contributed by atoms with van der Waals surface area (Å²) in [5.74, 6) is 2.25. The third-order valence-electron chi connectivity index (χ3n) is 4.54. The Bertz CT molecular complexity index is 564. The van der Waals surface area contributed by atoms with Gasteiger partial charge < -0.3 is 10.5 Å². The predicted octanol–water partition coefficient (Wildman–Crippen LogP) is 3.76. The van der Waals surface area contributed by atoms with Crippen molar-refractivity contribution >= 4 is 0 Å². The lowest BCUT2D eigenvalue weighted by molar-refractivity contribution is 0.414. The number of hydrogen-bond donors (Lipinski definition) is 1. The summed E-state index contributed by atoms with van der Waals surface area (Å²) in [7, 11) is 1.70. The molecule has 110 valence electrons. The van der Waals surface area contributed by atoms with Gasteiger partial charge in [0.05, 0.1) is 7.11 Å². The minimum absolute atomic E-state index is 0.303. The lowest BCUT2D eigenvalue weighted by Crippen LogP contribution is -2.23. The molecule has 2 aromatic carbocycles. The van der Waals surface area contributed by atoms with Crippen molar-refractivity contribution in [2.24, 2.45) is 11.7 Å². The second kappa shape index (κ2) is 6.31. The highest BCUT2D eigenvalue weighted by molar-refractivity contribution is 5.28. The highest BCUT2D eigenvalue weighted by atomic mass is 16.5. The zero-order valence-corrected chi connectivity index (χ0v) is 12.5. The molecule has 0 heterocycles. The monoisotopic (exact) mass is 281 g/mol. The van der Waals surface area contributed by atoms with Crippen LogP contribution in [0, 0.1) is 5.92 Å². The Morgan fingerprint density at radius 1 is 1.10 bits per heavy atom. The molecule has 2 aromatic rings. The molecular weight excluding hydrogens is 258 g/mol. The second-order valence-corrected chi connectivity index (χ2v) is 5.97. The molecule has 2 N–H and O–H groups in total. The van der Waals surface area contributed by atoms with Crippen molar-refractivity contribution in [3.05, 3.63) is 65.7 Å². The summed E-state index contributed by atoms with van der Waals surface area (Å²) in [6.45, 7) is 0. The van der Waals surface area contributed by atoms with Crippen molar-refractivity contribution in [2.45, 2.75) is 31.2 Å². The van der Waals surface area contributed by atoms with Crippen LogP contribution in [-0.2, 0) is 6.42 Å². The topological polar surface area (TPSA) is 35.2 Å². The Kier molecular flexibility index (Phi) is 4.26. The van der Waals surface area contributed by atoms with Gasteiger partial charge in [-0.05, 0) is 54.4 Å². The molecule has 2 heteroatoms. The molecule has 2 nitrogen and oxygen atoms in total. The van der Waals surface area contributed by atoms with Crippen LogP contribution < -0.4 is 10.5 Å². The van der Waals surface area contributed by atoms with Crippen molar-refractivity contribution in [3.63, 3.8) is 0 Å². The Morgan fingerprint density at radius 3 is 2.48 bits per heavy atom. The number of rotatable bonds is 6. The van der Waals surface area contributed by atoms with Crippen LogP contribution in [0.3, 0.4) is 0 Å². The van der Waals surface area contributed by atoms with E-state index in [-0.39, 0.29) is 0 Å². The van der Waals surface area contributed by atoms with Crippen LogP contribution in [0.4, 0.5) is 0 Å². The Hall–Kier alpha value is -1.80. The van der Waals surface area contributed by atoms with E-state index in [1.807, 2.05) is 12.1 Å². The molecule has 0 spiro atoms. The Balaban J connectivity index is 1.50. The summed E-state index contributed by atoms with van der Waals surface area (Å²) < 4.78 is 5.18. The number of aryl methyl sites for hydroxylation is 1. The molecule has 0 aromatic heterocycles. The summed E-state index contributed by atoms with van der Waals surface area (Å²) in [5.41, 5.74) is 9.17. The van der Waals surface area contributed by atoms with E-state index in [9.17, 15) is 0 Å². The Labute approximate surface area is 126 Å². The summed E-state index contributed by atoms with van der Waals surface area (Å²) in [4.78, 5) is 0. The third kappa shape index (κ3) is 3.45. The van der Waals surface area contributed by atoms with E-state index in [1.54, 1.807) is 7.11 Å². The van der Waals surface area contributed by atoms with E-state index in [0.29, 0.717) is 17.9 Å². The van der Waals surface area contributed by atoms with Crippen LogP contribution in [0.5, 0.6) is 5.75 Å². The van der Waals surface area contributed by atoms with Crippen molar-refractivity contribution in [3.8, 4) is 5.75 Å². The fourth-order valence-corrected chi connectivity index (χ4v) is 3.11. The molecule has 0 saturated heterocycles. The molecule has 3 unspecified atom stereocenters. The van der Waals surface area contributed by atoms with Gasteiger partial charge in [0.1, 0.15) is 5.75 Å². The molecule has 0 aliphatic heterocycles. The van der Waals surface area contributed by atoms with Gasteiger partial charge >= 0.3 is 0 Å². The molecule has 0 bridgehead atoms. The van der Waals surface area contributed by atoms with E-state index < -0.39 is 0 Å². The zero-order valence-electron chi connectivity index (χ0n) is 12.5. The van der Waals surface area contributed by atoms with Crippen LogP contribution in [-0.4, -0.2) is 13.2 Å². The first kappa shape index (κ1) is 14.2. The van der Waals surface area contributed by atoms with Gasteiger partial charge in [-0.15, -0.1) is 0 Å². The van der Waals surface area contributed by atoms with Gasteiger partial charge in [0.25, 0.3) is 0 Å². The van der Waals surface area contributed by atoms with Gasteiger partial charge in [0.2, 0.25) is 0 Å². The minimum Gasteiger partial charge on any atom is -0.497 e. The summed E-state index contributed by atoms with van der Waals surface area (Å²) >= 11 is 0. The summed E-state index contributed by atoms with van der Waals surface area (Å²) in [6, 6.07) is 19.4. The summed E-state index contributed by atoms with van der Waals surface area (Å²) in [6.07, 6.45) is 3.34. The maximum Gasteiger partial charge on any atom is 0.118 e. The molecule has 1 fully saturated rings. The average molecular weight is 281 g/mol. The van der Waals surface area contributed by atoms with Crippen LogP contribution in [0.15, 0.2) is 54.6 Å². The molecule has 0 radical (unpaired) electrons. The van der Waals surface area contributed by atoms with Crippen LogP contribution >= 0.6 is 0 Å². The lowest BCUT2D eigenvalue weighted by Gasteiger charge is -2.12. The van der Waals surface area contributed by atoms with Gasteiger partial charge in [0.15, 0.2) is 0 Å². The molecular formula is C19H23NO. The maximum atomic E-state index is 6.39. The number of benzene rings is 2. The predicted molar refractivity (Wildman–Crippen MR) is 86.6 cm³/mol. The average Bonchev–Trinajstić information content (AvgIpc) is 3.35. The van der Waals surface area contributed by atoms with Crippen molar-refractivity contribution in [1.29, 1.82) is 0 Å². The van der Waals surface area contributed by atoms with Gasteiger partial charge in [-0.3, -0.25) is 0 Å². The van der Waals surface area contributed by atoms with Gasteiger partial charge in [0, 0.05) is 6.04 Å². The fraction of sp³-hybridized carbons (Fsp3) is 0.368. The van der Waals surface area contributed by atoms with E-state index >= 15 is 0 Å². The van der Waals surface area contributed by atoms with Crippen LogP contribution in [0.2, 0.25) is 0 Å². The van der Waals surface area contributed by atoms with Crippen molar-refractivity contribution in [2.75, 3.05) is 7.11 Å². The molecule has 21 heavy (non-hydrogen) atoms. The van der Waals surface area contributed by atoms with Gasteiger partial charge in [-0.25, -0.2) is 0 Å². The highest BCUT2D eigenvalue weighted by Gasteiger charge is 2.41. The minimum atomic E-state index is 0.303. The normalized spacial score (nSPS) is 21.8. The summed E-state index contributed by atoms with van der Waals surface area (Å²) in [5, 5.41) is 0. The standard InChI is InChI=1S/C19H23NO/c1-21-16-10-7-14(8-11-16)9-12-19(20)18-13-17(18)15-5-3-2-4-6-15/h2-8,10-11,17-19H,9,12-13,20H2,1H3. The first-order valence-corrected chi connectivity index (χ1v) is 7.71. The fourth-order valence-electron chi connectivity index (χ4n) is 3.11. The quantitative estimate of drug-likeness (QED) is 0.875. The van der Waals surface area contributed by atoms with E-state index in [0.717, 1.165) is 18.6 Å². The second-order valence-electron chi connectivity index (χ2n) is 5.97. The number of ether oxygens (including phenoxy) is 1. The molecule has 3 atom stereocenters. The number of hydrogen-bond acceptors (Lipinski definition) is 2. The third-order valence-corrected chi connectivity index (χ3v) is 4.54. The maximum absolute atomic E-state index is 6.39. The first-order valence-electron chi connectivity index (χ1n) is 7.71. The van der Waals surface area contributed by atoms with Crippen LogP contribution in [0.1, 0.15) is 29.9 Å². The molecule has 1 aliphatic carbocycles. The first-order chi connectivity index (χ1) is 10.3. The SMILES string of the molecule is COc1ccc(CCC(N)C2CC2c2ccccc2)cc1. The van der Waals surface area contributed by atoms with E-state index in [4.69, 9.17) is 10.5 Å². The largest absolute Gasteiger partial charge is 0.497 e. The lowest BCUT2D eigenvalue weighted by atomic mass is 9.99.